The Morgan fingerprint density at radius 3 is 1.32 bits per heavy atom. The molecule has 2 aliphatic carbocycles. The number of methoxy groups -OCH3 is 2. The standard InChI is InChI=1S/C38H50O3/c1-35(2,3)29-17-21-37(22-18-29,31-13-9-11-15-33(31)39-7)25-27-41-28-26-38(32-14-10-12-16-34(32)40-8)23-19-30(20-24-38)36(4,5)6/h9-21,23H,22,24-28H2,1-8H3. The fourth-order valence-electron chi connectivity index (χ4n) is 6.23. The Balaban J connectivity index is 1.51. The molecule has 2 aromatic rings. The van der Waals surface area contributed by atoms with E-state index in [-0.39, 0.29) is 21.7 Å². The van der Waals surface area contributed by atoms with Crippen LogP contribution in [0.3, 0.4) is 0 Å². The van der Waals surface area contributed by atoms with Gasteiger partial charge in [-0.25, -0.2) is 0 Å². The molecule has 0 N–H and O–H groups in total. The minimum absolute atomic E-state index is 0.127. The number of hydrogen-bond donors (Lipinski definition) is 0. The van der Waals surface area contributed by atoms with Crippen LogP contribution < -0.4 is 9.47 Å². The van der Waals surface area contributed by atoms with Gasteiger partial charge in [-0.05, 0) is 59.8 Å². The van der Waals surface area contributed by atoms with Gasteiger partial charge >= 0.3 is 0 Å². The van der Waals surface area contributed by atoms with Gasteiger partial charge in [0.25, 0.3) is 0 Å². The number of ether oxygens (including phenoxy) is 3. The Bertz CT molecular complexity index is 1210. The average molecular weight is 555 g/mol. The highest BCUT2D eigenvalue weighted by Crippen LogP contribution is 2.46. The first kappa shape index (κ1) is 30.9. The Kier molecular flexibility index (Phi) is 9.39. The molecule has 3 heteroatoms. The van der Waals surface area contributed by atoms with E-state index in [0.717, 1.165) is 37.2 Å². The number of allylic oxidation sites excluding steroid dienone is 8. The molecule has 4 rings (SSSR count). The van der Waals surface area contributed by atoms with E-state index in [0.29, 0.717) is 13.2 Å². The first-order chi connectivity index (χ1) is 19.4. The van der Waals surface area contributed by atoms with Gasteiger partial charge in [0.1, 0.15) is 11.5 Å². The monoisotopic (exact) mass is 554 g/mol. The molecule has 2 aliphatic rings. The highest BCUT2D eigenvalue weighted by Gasteiger charge is 2.36. The van der Waals surface area contributed by atoms with Crippen LogP contribution in [0.5, 0.6) is 11.5 Å². The van der Waals surface area contributed by atoms with Gasteiger partial charge in [0.15, 0.2) is 0 Å². The van der Waals surface area contributed by atoms with Crippen LogP contribution in [0.1, 0.15) is 78.4 Å². The number of rotatable bonds is 10. The number of hydrogen-bond acceptors (Lipinski definition) is 3. The van der Waals surface area contributed by atoms with Crippen molar-refractivity contribution in [3.8, 4) is 11.5 Å². The minimum Gasteiger partial charge on any atom is -0.496 e. The van der Waals surface area contributed by atoms with Crippen LogP contribution in [-0.4, -0.2) is 27.4 Å². The zero-order chi connectivity index (χ0) is 29.7. The van der Waals surface area contributed by atoms with Gasteiger partial charge in [-0.3, -0.25) is 0 Å². The third-order valence-electron chi connectivity index (χ3n) is 8.94. The predicted molar refractivity (Wildman–Crippen MR) is 172 cm³/mol. The molecule has 3 nitrogen and oxygen atoms in total. The van der Waals surface area contributed by atoms with Crippen LogP contribution in [0.15, 0.2) is 96.1 Å². The van der Waals surface area contributed by atoms with Crippen molar-refractivity contribution in [2.45, 2.75) is 78.1 Å². The van der Waals surface area contributed by atoms with E-state index < -0.39 is 0 Å². The van der Waals surface area contributed by atoms with Crippen LogP contribution in [0.25, 0.3) is 0 Å². The highest BCUT2D eigenvalue weighted by atomic mass is 16.5. The van der Waals surface area contributed by atoms with Crippen molar-refractivity contribution in [2.24, 2.45) is 10.8 Å². The molecular formula is C38H50O3. The third-order valence-corrected chi connectivity index (χ3v) is 8.94. The van der Waals surface area contributed by atoms with Crippen molar-refractivity contribution in [3.05, 3.63) is 107 Å². The van der Waals surface area contributed by atoms with E-state index in [1.807, 2.05) is 12.1 Å². The maximum absolute atomic E-state index is 6.48. The SMILES string of the molecule is COc1ccccc1C1(CCOCCC2(c3ccccc3OC)C=CC(C(C)(C)C)=CC2)C=CC(C(C)(C)C)=CC1. The molecule has 0 heterocycles. The smallest absolute Gasteiger partial charge is 0.122 e. The lowest BCUT2D eigenvalue weighted by atomic mass is 9.69. The predicted octanol–water partition coefficient (Wildman–Crippen LogP) is 9.54. The van der Waals surface area contributed by atoms with E-state index in [4.69, 9.17) is 14.2 Å². The molecule has 41 heavy (non-hydrogen) atoms. The summed E-state index contributed by atoms with van der Waals surface area (Å²) in [6.45, 7) is 15.0. The first-order valence-electron chi connectivity index (χ1n) is 15.1. The molecular weight excluding hydrogens is 504 g/mol. The van der Waals surface area contributed by atoms with Crippen LogP contribution >= 0.6 is 0 Å². The molecule has 220 valence electrons. The second-order valence-electron chi connectivity index (χ2n) is 13.7. The summed E-state index contributed by atoms with van der Waals surface area (Å²) >= 11 is 0. The topological polar surface area (TPSA) is 27.7 Å². The van der Waals surface area contributed by atoms with E-state index in [1.165, 1.54) is 22.3 Å². The second kappa shape index (κ2) is 12.4. The summed E-state index contributed by atoms with van der Waals surface area (Å²) in [5.74, 6) is 1.88. The van der Waals surface area contributed by atoms with E-state index >= 15 is 0 Å². The Morgan fingerprint density at radius 1 is 0.610 bits per heavy atom. The van der Waals surface area contributed by atoms with Crippen LogP contribution in [-0.2, 0) is 15.6 Å². The molecule has 0 spiro atoms. The van der Waals surface area contributed by atoms with Gasteiger partial charge in [0.05, 0.1) is 14.2 Å². The summed E-state index contributed by atoms with van der Waals surface area (Å²) in [5.41, 5.74) is 5.17. The molecule has 0 saturated heterocycles. The molecule has 2 atom stereocenters. The van der Waals surface area contributed by atoms with Crippen LogP contribution in [0.4, 0.5) is 0 Å². The van der Waals surface area contributed by atoms with E-state index in [9.17, 15) is 0 Å². The molecule has 0 aromatic heterocycles. The molecule has 0 saturated carbocycles. The lowest BCUT2D eigenvalue weighted by molar-refractivity contribution is 0.106. The van der Waals surface area contributed by atoms with E-state index in [2.05, 4.69) is 114 Å². The molecule has 0 fully saturated rings. The fourth-order valence-corrected chi connectivity index (χ4v) is 6.23. The Labute approximate surface area is 249 Å². The fraction of sp³-hybridized carbons (Fsp3) is 0.474. The summed E-state index contributed by atoms with van der Waals surface area (Å²) in [5, 5.41) is 0. The van der Waals surface area contributed by atoms with Crippen molar-refractivity contribution >= 4 is 0 Å². The maximum atomic E-state index is 6.48. The van der Waals surface area contributed by atoms with Gasteiger partial charge in [-0.1, -0.05) is 114 Å². The van der Waals surface area contributed by atoms with Crippen molar-refractivity contribution in [3.63, 3.8) is 0 Å². The average Bonchev–Trinajstić information content (AvgIpc) is 2.96. The molecule has 0 aliphatic heterocycles. The lowest BCUT2D eigenvalue weighted by Gasteiger charge is -2.37. The molecule has 0 bridgehead atoms. The largest absolute Gasteiger partial charge is 0.496 e. The molecule has 2 aromatic carbocycles. The summed E-state index contributed by atoms with van der Waals surface area (Å²) < 4.78 is 18.1. The van der Waals surface area contributed by atoms with Crippen molar-refractivity contribution in [1.82, 2.24) is 0 Å². The zero-order valence-corrected chi connectivity index (χ0v) is 26.6. The van der Waals surface area contributed by atoms with Crippen molar-refractivity contribution in [2.75, 3.05) is 27.4 Å². The van der Waals surface area contributed by atoms with Gasteiger partial charge in [-0.15, -0.1) is 0 Å². The van der Waals surface area contributed by atoms with Crippen LogP contribution in [0, 0.1) is 10.8 Å². The highest BCUT2D eigenvalue weighted by molar-refractivity contribution is 5.48. The van der Waals surface area contributed by atoms with Gasteiger partial charge in [-0.2, -0.15) is 0 Å². The van der Waals surface area contributed by atoms with Gasteiger partial charge in [0, 0.05) is 35.2 Å². The molecule has 2 unspecified atom stereocenters. The van der Waals surface area contributed by atoms with Crippen LogP contribution in [0.2, 0.25) is 0 Å². The Morgan fingerprint density at radius 2 is 1.00 bits per heavy atom. The van der Waals surface area contributed by atoms with E-state index in [1.54, 1.807) is 14.2 Å². The summed E-state index contributed by atoms with van der Waals surface area (Å²) in [4.78, 5) is 0. The normalized spacial score (nSPS) is 22.7. The first-order valence-corrected chi connectivity index (χ1v) is 15.1. The lowest BCUT2D eigenvalue weighted by Crippen LogP contribution is -2.30. The minimum atomic E-state index is -0.156. The van der Waals surface area contributed by atoms with Gasteiger partial charge < -0.3 is 14.2 Å². The Hall–Kier alpha value is -3.04. The molecule has 0 amide bonds. The summed E-state index contributed by atoms with van der Waals surface area (Å²) in [7, 11) is 3.53. The number of para-hydroxylation sites is 2. The van der Waals surface area contributed by atoms with Crippen molar-refractivity contribution < 1.29 is 14.2 Å². The van der Waals surface area contributed by atoms with Gasteiger partial charge in [0.2, 0.25) is 0 Å². The summed E-state index contributed by atoms with van der Waals surface area (Å²) in [6, 6.07) is 16.9. The second-order valence-corrected chi connectivity index (χ2v) is 13.7. The summed E-state index contributed by atoms with van der Waals surface area (Å²) in [6.07, 6.45) is 17.9. The maximum Gasteiger partial charge on any atom is 0.122 e. The quantitative estimate of drug-likeness (QED) is 0.274. The third kappa shape index (κ3) is 6.89. The van der Waals surface area contributed by atoms with Crippen molar-refractivity contribution in [1.29, 1.82) is 0 Å². The zero-order valence-electron chi connectivity index (χ0n) is 26.6. The molecule has 0 radical (unpaired) electrons. The number of benzene rings is 2.